The summed E-state index contributed by atoms with van der Waals surface area (Å²) in [6.45, 7) is 0. The zero-order valence-electron chi connectivity index (χ0n) is 12.1. The number of halogens is 2. The third kappa shape index (κ3) is 2.28. The van der Waals surface area contributed by atoms with Gasteiger partial charge < -0.3 is 9.30 Å². The van der Waals surface area contributed by atoms with Crippen LogP contribution in [0.1, 0.15) is 0 Å². The van der Waals surface area contributed by atoms with Crippen LogP contribution >= 0.6 is 27.5 Å². The minimum absolute atomic E-state index is 0.725. The number of hydrogen-bond acceptors (Lipinski definition) is 3. The molecule has 0 radical (unpaired) electrons. The van der Waals surface area contributed by atoms with Crippen molar-refractivity contribution in [2.24, 2.45) is 0 Å². The second-order valence-corrected chi connectivity index (χ2v) is 6.32. The lowest BCUT2D eigenvalue weighted by molar-refractivity contribution is 0.412. The van der Waals surface area contributed by atoms with Crippen molar-refractivity contribution in [1.29, 1.82) is 0 Å². The molecule has 4 nitrogen and oxygen atoms in total. The molecular formula is C17H11BrClN3O. The lowest BCUT2D eigenvalue weighted by atomic mass is 10.2. The fourth-order valence-corrected chi connectivity index (χ4v) is 3.44. The molecule has 114 valence electrons. The van der Waals surface area contributed by atoms with Crippen LogP contribution in [0.4, 0.5) is 0 Å². The Kier molecular flexibility index (Phi) is 3.47. The molecule has 0 aliphatic rings. The number of ether oxygens (including phenoxy) is 1. The minimum Gasteiger partial charge on any atom is -0.495 e. The van der Waals surface area contributed by atoms with Gasteiger partial charge in [0.1, 0.15) is 17.9 Å². The fourth-order valence-electron chi connectivity index (χ4n) is 2.71. The first-order valence-electron chi connectivity index (χ1n) is 6.93. The fraction of sp³-hybridized carbons (Fsp3) is 0.0588. The first kappa shape index (κ1) is 14.5. The highest BCUT2D eigenvalue weighted by atomic mass is 79.9. The first-order chi connectivity index (χ1) is 11.2. The molecule has 23 heavy (non-hydrogen) atoms. The van der Waals surface area contributed by atoms with Gasteiger partial charge in [0.15, 0.2) is 0 Å². The summed E-state index contributed by atoms with van der Waals surface area (Å²) < 4.78 is 8.22. The van der Waals surface area contributed by atoms with E-state index in [-0.39, 0.29) is 0 Å². The van der Waals surface area contributed by atoms with Gasteiger partial charge >= 0.3 is 0 Å². The molecule has 0 N–H and O–H groups in total. The maximum absolute atomic E-state index is 6.27. The van der Waals surface area contributed by atoms with E-state index < -0.39 is 0 Å². The second kappa shape index (κ2) is 5.51. The van der Waals surface area contributed by atoms with E-state index in [4.69, 9.17) is 16.3 Å². The molecule has 6 heteroatoms. The van der Waals surface area contributed by atoms with Gasteiger partial charge in [-0.3, -0.25) is 0 Å². The van der Waals surface area contributed by atoms with E-state index in [2.05, 4.69) is 25.9 Å². The van der Waals surface area contributed by atoms with Gasteiger partial charge in [0.25, 0.3) is 0 Å². The zero-order valence-corrected chi connectivity index (χ0v) is 14.5. The Hall–Kier alpha value is -2.11. The SMILES string of the molecule is COc1cc2ncnc(-n3ccc4c(Cl)cccc43)c2cc1Br. The smallest absolute Gasteiger partial charge is 0.148 e. The van der Waals surface area contributed by atoms with Gasteiger partial charge in [-0.15, -0.1) is 0 Å². The van der Waals surface area contributed by atoms with Crippen LogP contribution in [0.15, 0.2) is 53.4 Å². The van der Waals surface area contributed by atoms with Gasteiger partial charge in [0.05, 0.1) is 22.6 Å². The number of fused-ring (bicyclic) bond motifs is 2. The van der Waals surface area contributed by atoms with Crippen molar-refractivity contribution >= 4 is 49.3 Å². The number of benzene rings is 2. The van der Waals surface area contributed by atoms with E-state index in [0.29, 0.717) is 0 Å². The van der Waals surface area contributed by atoms with Gasteiger partial charge in [-0.05, 0) is 40.2 Å². The Balaban J connectivity index is 2.05. The summed E-state index contributed by atoms with van der Waals surface area (Å²) in [6, 6.07) is 11.7. The standard InChI is InChI=1S/C17H11BrClN3O/c1-23-16-8-14-11(7-12(16)18)17(21-9-20-14)22-6-5-10-13(19)3-2-4-15(10)22/h2-9H,1H3. The van der Waals surface area contributed by atoms with E-state index in [1.165, 1.54) is 0 Å². The summed E-state index contributed by atoms with van der Waals surface area (Å²) in [5, 5.41) is 2.65. The van der Waals surface area contributed by atoms with Crippen LogP contribution in [0.25, 0.3) is 27.6 Å². The molecule has 0 saturated carbocycles. The molecule has 0 fully saturated rings. The molecule has 0 aliphatic heterocycles. The predicted octanol–water partition coefficient (Wildman–Crippen LogP) is 5.00. The minimum atomic E-state index is 0.725. The molecule has 4 rings (SSSR count). The summed E-state index contributed by atoms with van der Waals surface area (Å²) in [4.78, 5) is 8.82. The maximum Gasteiger partial charge on any atom is 0.148 e. The molecule has 2 aromatic carbocycles. The molecule has 0 bridgehead atoms. The van der Waals surface area contributed by atoms with Crippen molar-refractivity contribution < 1.29 is 4.74 Å². The van der Waals surface area contributed by atoms with Gasteiger partial charge in [0.2, 0.25) is 0 Å². The Morgan fingerprint density at radius 3 is 2.83 bits per heavy atom. The number of aromatic nitrogens is 3. The van der Waals surface area contributed by atoms with Crippen LogP contribution in [-0.4, -0.2) is 21.6 Å². The molecule has 0 spiro atoms. The Morgan fingerprint density at radius 1 is 1.13 bits per heavy atom. The molecule has 0 amide bonds. The van der Waals surface area contributed by atoms with E-state index in [1.807, 2.05) is 47.2 Å². The van der Waals surface area contributed by atoms with Crippen LogP contribution < -0.4 is 4.74 Å². The third-order valence-corrected chi connectivity index (χ3v) is 4.75. The molecule has 4 aromatic rings. The van der Waals surface area contributed by atoms with E-state index >= 15 is 0 Å². The normalized spacial score (nSPS) is 11.3. The van der Waals surface area contributed by atoms with E-state index in [9.17, 15) is 0 Å². The Labute approximate surface area is 145 Å². The summed E-state index contributed by atoms with van der Waals surface area (Å²) in [5.74, 6) is 1.54. The molecule has 2 heterocycles. The largest absolute Gasteiger partial charge is 0.495 e. The monoisotopic (exact) mass is 387 g/mol. The maximum atomic E-state index is 6.27. The van der Waals surface area contributed by atoms with Gasteiger partial charge in [0, 0.05) is 28.1 Å². The highest BCUT2D eigenvalue weighted by Crippen LogP contribution is 2.33. The van der Waals surface area contributed by atoms with E-state index in [0.717, 1.165) is 42.9 Å². The zero-order chi connectivity index (χ0) is 16.0. The number of hydrogen-bond donors (Lipinski definition) is 0. The van der Waals surface area contributed by atoms with Gasteiger partial charge in [-0.1, -0.05) is 17.7 Å². The van der Waals surface area contributed by atoms with Crippen molar-refractivity contribution in [3.63, 3.8) is 0 Å². The molecular weight excluding hydrogens is 378 g/mol. The number of nitrogens with zero attached hydrogens (tertiary/aromatic N) is 3. The molecule has 0 aliphatic carbocycles. The summed E-state index contributed by atoms with van der Waals surface area (Å²) in [7, 11) is 1.63. The summed E-state index contributed by atoms with van der Waals surface area (Å²) in [6.07, 6.45) is 3.53. The van der Waals surface area contributed by atoms with Crippen molar-refractivity contribution in [3.8, 4) is 11.6 Å². The van der Waals surface area contributed by atoms with Crippen LogP contribution in [0, 0.1) is 0 Å². The van der Waals surface area contributed by atoms with Crippen molar-refractivity contribution in [1.82, 2.24) is 14.5 Å². The molecule has 0 unspecified atom stereocenters. The first-order valence-corrected chi connectivity index (χ1v) is 8.10. The third-order valence-electron chi connectivity index (χ3n) is 3.80. The predicted molar refractivity (Wildman–Crippen MR) is 95.6 cm³/mol. The number of rotatable bonds is 2. The van der Waals surface area contributed by atoms with Gasteiger partial charge in [-0.25, -0.2) is 9.97 Å². The van der Waals surface area contributed by atoms with Gasteiger partial charge in [-0.2, -0.15) is 0 Å². The van der Waals surface area contributed by atoms with E-state index in [1.54, 1.807) is 13.4 Å². The summed E-state index contributed by atoms with van der Waals surface area (Å²) >= 11 is 9.80. The average Bonchev–Trinajstić information content (AvgIpc) is 2.99. The lowest BCUT2D eigenvalue weighted by Crippen LogP contribution is -1.99. The number of methoxy groups -OCH3 is 1. The highest BCUT2D eigenvalue weighted by Gasteiger charge is 2.12. The van der Waals surface area contributed by atoms with Crippen molar-refractivity contribution in [3.05, 3.63) is 58.4 Å². The highest BCUT2D eigenvalue weighted by molar-refractivity contribution is 9.10. The van der Waals surface area contributed by atoms with Crippen LogP contribution in [-0.2, 0) is 0 Å². The Bertz CT molecular complexity index is 1040. The molecule has 0 saturated heterocycles. The van der Waals surface area contributed by atoms with Crippen molar-refractivity contribution in [2.45, 2.75) is 0 Å². The molecule has 0 atom stereocenters. The summed E-state index contributed by atoms with van der Waals surface area (Å²) in [5.41, 5.74) is 1.82. The topological polar surface area (TPSA) is 39.9 Å². The quantitative estimate of drug-likeness (QED) is 0.485. The van der Waals surface area contributed by atoms with Crippen LogP contribution in [0.3, 0.4) is 0 Å². The second-order valence-electron chi connectivity index (χ2n) is 5.06. The average molecular weight is 389 g/mol. The lowest BCUT2D eigenvalue weighted by Gasteiger charge is -2.10. The Morgan fingerprint density at radius 2 is 2.00 bits per heavy atom. The molecule has 2 aromatic heterocycles. The van der Waals surface area contributed by atoms with Crippen LogP contribution in [0.2, 0.25) is 5.02 Å². The van der Waals surface area contributed by atoms with Crippen molar-refractivity contribution in [2.75, 3.05) is 7.11 Å². The van der Waals surface area contributed by atoms with Crippen LogP contribution in [0.5, 0.6) is 5.75 Å².